The number of fused-ring (bicyclic) bond motifs is 1. The minimum atomic E-state index is -0.532. The van der Waals surface area contributed by atoms with E-state index in [-0.39, 0.29) is 24.5 Å². The molecule has 0 bridgehead atoms. The summed E-state index contributed by atoms with van der Waals surface area (Å²) in [6.07, 6.45) is 4.48. The predicted molar refractivity (Wildman–Crippen MR) is 105 cm³/mol. The van der Waals surface area contributed by atoms with Crippen LogP contribution in [0.2, 0.25) is 0 Å². The molecule has 0 aromatic heterocycles. The van der Waals surface area contributed by atoms with Gasteiger partial charge >= 0.3 is 12.1 Å². The first-order chi connectivity index (χ1) is 13.5. The number of ether oxygens (including phenoxy) is 3. The summed E-state index contributed by atoms with van der Waals surface area (Å²) in [7, 11) is 1.61. The van der Waals surface area contributed by atoms with Gasteiger partial charge in [-0.25, -0.2) is 9.59 Å². The van der Waals surface area contributed by atoms with Crippen LogP contribution in [-0.4, -0.2) is 42.8 Å². The third kappa shape index (κ3) is 4.78. The lowest BCUT2D eigenvalue weighted by atomic mass is 9.85. The molecule has 1 saturated heterocycles. The number of carbonyl (C=O) groups excluding carboxylic acids is 2. The van der Waals surface area contributed by atoms with Gasteiger partial charge in [0, 0.05) is 6.04 Å². The van der Waals surface area contributed by atoms with E-state index >= 15 is 0 Å². The Hall–Kier alpha value is -2.24. The first-order valence-corrected chi connectivity index (χ1v) is 10.2. The summed E-state index contributed by atoms with van der Waals surface area (Å²) in [6.45, 7) is 4.55. The van der Waals surface area contributed by atoms with Crippen LogP contribution in [-0.2, 0) is 20.9 Å². The van der Waals surface area contributed by atoms with Crippen LogP contribution in [0.3, 0.4) is 0 Å². The molecule has 1 aromatic rings. The van der Waals surface area contributed by atoms with E-state index in [1.165, 1.54) is 0 Å². The molecule has 1 amide bonds. The van der Waals surface area contributed by atoms with Crippen LogP contribution >= 0.6 is 0 Å². The highest BCUT2D eigenvalue weighted by atomic mass is 16.6. The van der Waals surface area contributed by atoms with Crippen molar-refractivity contribution in [3.8, 4) is 5.75 Å². The number of hydrogen-bond donors (Lipinski definition) is 0. The fourth-order valence-electron chi connectivity index (χ4n) is 4.22. The fourth-order valence-corrected chi connectivity index (χ4v) is 4.22. The van der Waals surface area contributed by atoms with Crippen molar-refractivity contribution in [3.05, 3.63) is 29.8 Å². The van der Waals surface area contributed by atoms with Crippen LogP contribution in [0.5, 0.6) is 5.75 Å². The van der Waals surface area contributed by atoms with Crippen LogP contribution in [0, 0.1) is 11.8 Å². The summed E-state index contributed by atoms with van der Waals surface area (Å²) in [6, 6.07) is 6.95. The van der Waals surface area contributed by atoms with Gasteiger partial charge in [0.05, 0.1) is 13.7 Å². The van der Waals surface area contributed by atoms with Crippen molar-refractivity contribution in [1.82, 2.24) is 4.90 Å². The van der Waals surface area contributed by atoms with E-state index in [1.54, 1.807) is 12.0 Å². The zero-order valence-corrected chi connectivity index (χ0v) is 17.1. The van der Waals surface area contributed by atoms with Gasteiger partial charge in [0.15, 0.2) is 0 Å². The Morgan fingerprint density at radius 3 is 2.50 bits per heavy atom. The molecule has 2 fully saturated rings. The number of amides is 1. The molecule has 3 atom stereocenters. The van der Waals surface area contributed by atoms with Crippen molar-refractivity contribution in [2.45, 2.75) is 64.6 Å². The number of carbonyl (C=O) groups is 2. The highest BCUT2D eigenvalue weighted by Crippen LogP contribution is 2.40. The van der Waals surface area contributed by atoms with Crippen LogP contribution in [0.25, 0.3) is 0 Å². The second kappa shape index (κ2) is 9.30. The van der Waals surface area contributed by atoms with Crippen molar-refractivity contribution in [3.63, 3.8) is 0 Å². The monoisotopic (exact) mass is 389 g/mol. The average Bonchev–Trinajstić information content (AvgIpc) is 3.10. The maximum absolute atomic E-state index is 12.9. The molecule has 6 nitrogen and oxygen atoms in total. The molecule has 28 heavy (non-hydrogen) atoms. The molecule has 3 rings (SSSR count). The maximum atomic E-state index is 12.9. The maximum Gasteiger partial charge on any atom is 0.411 e. The highest BCUT2D eigenvalue weighted by Gasteiger charge is 2.48. The molecule has 1 aromatic carbocycles. The molecule has 0 spiro atoms. The molecular weight excluding hydrogens is 358 g/mol. The largest absolute Gasteiger partial charge is 0.497 e. The standard InChI is InChI=1S/C22H31NO5/c1-15(2)13-27-21(24)20-12-17-6-4-5-7-19(17)23(20)22(25)28-14-16-8-10-18(26-3)11-9-16/h8-11,15,17,19-20H,4-7,12-14H2,1-3H3. The zero-order chi connectivity index (χ0) is 20.1. The van der Waals surface area contributed by atoms with E-state index in [0.29, 0.717) is 18.9 Å². The van der Waals surface area contributed by atoms with E-state index in [9.17, 15) is 9.59 Å². The summed E-state index contributed by atoms with van der Waals surface area (Å²) < 4.78 is 16.2. The van der Waals surface area contributed by atoms with Crippen molar-refractivity contribution < 1.29 is 23.8 Å². The number of esters is 1. The van der Waals surface area contributed by atoms with E-state index < -0.39 is 12.1 Å². The minimum Gasteiger partial charge on any atom is -0.497 e. The Kier molecular flexibility index (Phi) is 6.81. The van der Waals surface area contributed by atoms with Crippen LogP contribution in [0.4, 0.5) is 4.79 Å². The molecule has 1 saturated carbocycles. The molecule has 2 aliphatic rings. The molecule has 0 radical (unpaired) electrons. The average molecular weight is 389 g/mol. The Bertz CT molecular complexity index is 672. The summed E-state index contributed by atoms with van der Waals surface area (Å²) >= 11 is 0. The SMILES string of the molecule is COc1ccc(COC(=O)N2C(C(=O)OCC(C)C)CC3CCCCC32)cc1. The van der Waals surface area contributed by atoms with Gasteiger partial charge in [-0.15, -0.1) is 0 Å². The molecule has 3 unspecified atom stereocenters. The number of rotatable bonds is 6. The number of methoxy groups -OCH3 is 1. The normalized spacial score (nSPS) is 24.0. The number of nitrogens with zero attached hydrogens (tertiary/aromatic N) is 1. The third-order valence-electron chi connectivity index (χ3n) is 5.65. The lowest BCUT2D eigenvalue weighted by Gasteiger charge is -2.32. The zero-order valence-electron chi connectivity index (χ0n) is 17.1. The molecular formula is C22H31NO5. The molecule has 1 aliphatic heterocycles. The van der Waals surface area contributed by atoms with Gasteiger partial charge in [-0.05, 0) is 48.8 Å². The summed E-state index contributed by atoms with van der Waals surface area (Å²) in [5.41, 5.74) is 0.882. The first kappa shape index (κ1) is 20.5. The van der Waals surface area contributed by atoms with Crippen molar-refractivity contribution in [2.75, 3.05) is 13.7 Å². The summed E-state index contributed by atoms with van der Waals surface area (Å²) in [5, 5.41) is 0. The number of hydrogen-bond acceptors (Lipinski definition) is 5. The number of likely N-dealkylation sites (tertiary alicyclic amines) is 1. The quantitative estimate of drug-likeness (QED) is 0.684. The van der Waals surface area contributed by atoms with Gasteiger partial charge in [0.2, 0.25) is 0 Å². The predicted octanol–water partition coefficient (Wildman–Crippen LogP) is 4.16. The van der Waals surface area contributed by atoms with E-state index in [1.807, 2.05) is 38.1 Å². The third-order valence-corrected chi connectivity index (χ3v) is 5.65. The first-order valence-electron chi connectivity index (χ1n) is 10.2. The van der Waals surface area contributed by atoms with Gasteiger partial charge < -0.3 is 14.2 Å². The van der Waals surface area contributed by atoms with Gasteiger partial charge in [-0.2, -0.15) is 0 Å². The molecule has 6 heteroatoms. The van der Waals surface area contributed by atoms with Crippen molar-refractivity contribution in [1.29, 1.82) is 0 Å². The van der Waals surface area contributed by atoms with Crippen LogP contribution < -0.4 is 4.74 Å². The topological polar surface area (TPSA) is 65.1 Å². The van der Waals surface area contributed by atoms with Crippen LogP contribution in [0.1, 0.15) is 51.5 Å². The van der Waals surface area contributed by atoms with Gasteiger partial charge in [-0.1, -0.05) is 38.8 Å². The second-order valence-corrected chi connectivity index (χ2v) is 8.20. The van der Waals surface area contributed by atoms with Crippen molar-refractivity contribution >= 4 is 12.1 Å². The molecule has 1 heterocycles. The number of benzene rings is 1. The smallest absolute Gasteiger partial charge is 0.411 e. The van der Waals surface area contributed by atoms with Gasteiger partial charge in [-0.3, -0.25) is 4.90 Å². The van der Waals surface area contributed by atoms with E-state index in [2.05, 4.69) is 0 Å². The highest BCUT2D eigenvalue weighted by molar-refractivity contribution is 5.82. The Balaban J connectivity index is 1.66. The Morgan fingerprint density at radius 2 is 1.82 bits per heavy atom. The molecule has 154 valence electrons. The second-order valence-electron chi connectivity index (χ2n) is 8.20. The lowest BCUT2D eigenvalue weighted by molar-refractivity contribution is -0.150. The van der Waals surface area contributed by atoms with E-state index in [0.717, 1.165) is 37.0 Å². The summed E-state index contributed by atoms with van der Waals surface area (Å²) in [5.74, 6) is 1.08. The minimum absolute atomic E-state index is 0.0775. The van der Waals surface area contributed by atoms with Gasteiger partial charge in [0.1, 0.15) is 18.4 Å². The van der Waals surface area contributed by atoms with Crippen molar-refractivity contribution in [2.24, 2.45) is 11.8 Å². The Labute approximate surface area is 167 Å². The molecule has 1 aliphatic carbocycles. The molecule has 0 N–H and O–H groups in total. The summed E-state index contributed by atoms with van der Waals surface area (Å²) in [4.78, 5) is 27.3. The van der Waals surface area contributed by atoms with E-state index in [4.69, 9.17) is 14.2 Å². The Morgan fingerprint density at radius 1 is 1.11 bits per heavy atom. The van der Waals surface area contributed by atoms with Gasteiger partial charge in [0.25, 0.3) is 0 Å². The fraction of sp³-hybridized carbons (Fsp3) is 0.636. The lowest BCUT2D eigenvalue weighted by Crippen LogP contribution is -2.47. The van der Waals surface area contributed by atoms with Crippen LogP contribution in [0.15, 0.2) is 24.3 Å².